The Balaban J connectivity index is 2.00. The first-order valence-corrected chi connectivity index (χ1v) is 8.19. The maximum Gasteiger partial charge on any atom is 0.0589 e. The molecule has 2 fully saturated rings. The van der Waals surface area contributed by atoms with E-state index in [1.54, 1.807) is 0 Å². The second kappa shape index (κ2) is 7.05. The molecule has 19 heavy (non-hydrogen) atoms. The van der Waals surface area contributed by atoms with Gasteiger partial charge in [-0.2, -0.15) is 0 Å². The van der Waals surface area contributed by atoms with Crippen LogP contribution in [0.15, 0.2) is 0 Å². The molecule has 3 heteroatoms. The number of methoxy groups -OCH3 is 1. The van der Waals surface area contributed by atoms with Crippen LogP contribution in [0.4, 0.5) is 0 Å². The summed E-state index contributed by atoms with van der Waals surface area (Å²) < 4.78 is 5.32. The van der Waals surface area contributed by atoms with Crippen molar-refractivity contribution in [1.82, 2.24) is 10.2 Å². The topological polar surface area (TPSA) is 24.5 Å². The van der Waals surface area contributed by atoms with E-state index in [4.69, 9.17) is 4.74 Å². The largest absolute Gasteiger partial charge is 0.383 e. The summed E-state index contributed by atoms with van der Waals surface area (Å²) in [4.78, 5) is 2.71. The van der Waals surface area contributed by atoms with E-state index in [0.29, 0.717) is 11.6 Å². The van der Waals surface area contributed by atoms with E-state index >= 15 is 0 Å². The van der Waals surface area contributed by atoms with E-state index < -0.39 is 0 Å². The Morgan fingerprint density at radius 1 is 1.32 bits per heavy atom. The van der Waals surface area contributed by atoms with Crippen molar-refractivity contribution in [3.05, 3.63) is 0 Å². The summed E-state index contributed by atoms with van der Waals surface area (Å²) in [5.74, 6) is 0.769. The molecule has 0 bridgehead atoms. The fraction of sp³-hybridized carbons (Fsp3) is 1.00. The van der Waals surface area contributed by atoms with Crippen LogP contribution in [0.2, 0.25) is 0 Å². The van der Waals surface area contributed by atoms with E-state index in [1.807, 2.05) is 7.11 Å². The second-order valence-electron chi connectivity index (χ2n) is 6.64. The molecule has 1 aliphatic heterocycles. The molecular weight excluding hydrogens is 236 g/mol. The molecule has 2 unspecified atom stereocenters. The fourth-order valence-electron chi connectivity index (χ4n) is 3.86. The molecule has 0 amide bonds. The molecule has 3 nitrogen and oxygen atoms in total. The summed E-state index contributed by atoms with van der Waals surface area (Å²) in [6, 6.07) is 0.688. The second-order valence-corrected chi connectivity index (χ2v) is 6.64. The number of nitrogens with zero attached hydrogens (tertiary/aromatic N) is 1. The van der Waals surface area contributed by atoms with Crippen molar-refractivity contribution in [2.24, 2.45) is 5.92 Å². The van der Waals surface area contributed by atoms with Gasteiger partial charge >= 0.3 is 0 Å². The first-order chi connectivity index (χ1) is 9.21. The average Bonchev–Trinajstić information content (AvgIpc) is 2.45. The number of rotatable bonds is 5. The van der Waals surface area contributed by atoms with E-state index in [9.17, 15) is 0 Å². The number of piperazine rings is 1. The van der Waals surface area contributed by atoms with Gasteiger partial charge in [0.1, 0.15) is 0 Å². The fourth-order valence-corrected chi connectivity index (χ4v) is 3.86. The smallest absolute Gasteiger partial charge is 0.0589 e. The third-order valence-electron chi connectivity index (χ3n) is 5.36. The number of ether oxygens (including phenoxy) is 1. The van der Waals surface area contributed by atoms with Crippen LogP contribution >= 0.6 is 0 Å². The molecule has 2 atom stereocenters. The maximum absolute atomic E-state index is 5.32. The van der Waals surface area contributed by atoms with Gasteiger partial charge in [-0.3, -0.25) is 4.90 Å². The van der Waals surface area contributed by atoms with Crippen molar-refractivity contribution < 1.29 is 4.74 Å². The van der Waals surface area contributed by atoms with Crippen LogP contribution in [-0.4, -0.2) is 49.8 Å². The van der Waals surface area contributed by atoms with Crippen molar-refractivity contribution in [3.63, 3.8) is 0 Å². The Labute approximate surface area is 119 Å². The molecular formula is C16H32N2O. The third kappa shape index (κ3) is 3.71. The van der Waals surface area contributed by atoms with E-state index in [2.05, 4.69) is 24.1 Å². The Morgan fingerprint density at radius 3 is 2.68 bits per heavy atom. The minimum Gasteiger partial charge on any atom is -0.383 e. The highest BCUT2D eigenvalue weighted by atomic mass is 16.5. The van der Waals surface area contributed by atoms with E-state index in [-0.39, 0.29) is 0 Å². The van der Waals surface area contributed by atoms with Gasteiger partial charge in [-0.15, -0.1) is 0 Å². The number of hydrogen-bond acceptors (Lipinski definition) is 3. The van der Waals surface area contributed by atoms with Crippen LogP contribution in [0.3, 0.4) is 0 Å². The molecule has 112 valence electrons. The monoisotopic (exact) mass is 268 g/mol. The minimum absolute atomic E-state index is 0.413. The highest BCUT2D eigenvalue weighted by Crippen LogP contribution is 2.33. The summed E-state index contributed by atoms with van der Waals surface area (Å²) >= 11 is 0. The zero-order valence-corrected chi connectivity index (χ0v) is 13.1. The number of nitrogens with one attached hydrogen (secondary N) is 1. The summed E-state index contributed by atoms with van der Waals surface area (Å²) in [5, 5.41) is 3.92. The van der Waals surface area contributed by atoms with Gasteiger partial charge in [0.25, 0.3) is 0 Å². The lowest BCUT2D eigenvalue weighted by Crippen LogP contribution is -2.66. The van der Waals surface area contributed by atoms with Crippen LogP contribution < -0.4 is 5.32 Å². The normalized spacial score (nSPS) is 29.5. The molecule has 1 saturated heterocycles. The highest BCUT2D eigenvalue weighted by Gasteiger charge is 2.40. The Bertz CT molecular complexity index is 263. The summed E-state index contributed by atoms with van der Waals surface area (Å²) in [7, 11) is 1.82. The average molecular weight is 268 g/mol. The van der Waals surface area contributed by atoms with Gasteiger partial charge in [0, 0.05) is 38.3 Å². The zero-order valence-electron chi connectivity index (χ0n) is 13.1. The van der Waals surface area contributed by atoms with Crippen molar-refractivity contribution >= 4 is 0 Å². The quantitative estimate of drug-likeness (QED) is 0.829. The van der Waals surface area contributed by atoms with Gasteiger partial charge in [0.15, 0.2) is 0 Å². The molecule has 2 aliphatic rings. The van der Waals surface area contributed by atoms with Gasteiger partial charge < -0.3 is 10.1 Å². The minimum atomic E-state index is 0.413. The first kappa shape index (κ1) is 15.3. The predicted molar refractivity (Wildman–Crippen MR) is 80.5 cm³/mol. The Kier molecular flexibility index (Phi) is 5.67. The summed E-state index contributed by atoms with van der Waals surface area (Å²) in [6.45, 7) is 9.05. The van der Waals surface area contributed by atoms with Crippen LogP contribution in [0.1, 0.15) is 52.4 Å². The van der Waals surface area contributed by atoms with Gasteiger partial charge in [0.2, 0.25) is 0 Å². The van der Waals surface area contributed by atoms with Crippen LogP contribution in [0.25, 0.3) is 0 Å². The third-order valence-corrected chi connectivity index (χ3v) is 5.36. The van der Waals surface area contributed by atoms with Gasteiger partial charge in [0.05, 0.1) is 6.61 Å². The lowest BCUT2D eigenvalue weighted by atomic mass is 9.78. The molecule has 1 saturated carbocycles. The molecule has 0 radical (unpaired) electrons. The molecule has 1 spiro atoms. The molecule has 0 aromatic carbocycles. The molecule has 1 N–H and O–H groups in total. The van der Waals surface area contributed by atoms with Crippen molar-refractivity contribution in [1.29, 1.82) is 0 Å². The molecule has 0 aromatic heterocycles. The lowest BCUT2D eigenvalue weighted by molar-refractivity contribution is 0.0165. The lowest BCUT2D eigenvalue weighted by Gasteiger charge is -2.51. The van der Waals surface area contributed by atoms with E-state index in [0.717, 1.165) is 19.1 Å². The van der Waals surface area contributed by atoms with Gasteiger partial charge in [-0.05, 0) is 18.8 Å². The predicted octanol–water partition coefficient (Wildman–Crippen LogP) is 2.66. The van der Waals surface area contributed by atoms with E-state index in [1.165, 1.54) is 51.6 Å². The molecule has 0 aromatic rings. The summed E-state index contributed by atoms with van der Waals surface area (Å²) in [6.07, 6.45) is 8.23. The van der Waals surface area contributed by atoms with Crippen LogP contribution in [0, 0.1) is 5.92 Å². The van der Waals surface area contributed by atoms with Crippen LogP contribution in [0.5, 0.6) is 0 Å². The van der Waals surface area contributed by atoms with Crippen molar-refractivity contribution in [2.45, 2.75) is 64.0 Å². The Hall–Kier alpha value is -0.120. The summed E-state index contributed by atoms with van der Waals surface area (Å²) in [5.41, 5.74) is 0.413. The molecule has 1 aliphatic carbocycles. The highest BCUT2D eigenvalue weighted by molar-refractivity contribution is 5.00. The number of hydrogen-bond donors (Lipinski definition) is 1. The maximum atomic E-state index is 5.32. The molecule has 1 heterocycles. The first-order valence-electron chi connectivity index (χ1n) is 8.19. The SMILES string of the molecule is CCC(C)C1CNC2(CCCCC2)CN1CCOC. The van der Waals surface area contributed by atoms with Gasteiger partial charge in [-0.1, -0.05) is 39.5 Å². The van der Waals surface area contributed by atoms with Crippen molar-refractivity contribution in [3.8, 4) is 0 Å². The van der Waals surface area contributed by atoms with Crippen LogP contribution in [-0.2, 0) is 4.74 Å². The molecule has 2 rings (SSSR count). The standard InChI is InChI=1S/C16H32N2O/c1-4-14(2)15-12-17-16(8-6-5-7-9-16)13-18(15)10-11-19-3/h14-15,17H,4-13H2,1-3H3. The van der Waals surface area contributed by atoms with Crippen molar-refractivity contribution in [2.75, 3.05) is 33.4 Å². The zero-order chi connectivity index (χ0) is 13.7. The van der Waals surface area contributed by atoms with Gasteiger partial charge in [-0.25, -0.2) is 0 Å². The Morgan fingerprint density at radius 2 is 2.05 bits per heavy atom.